The van der Waals surface area contributed by atoms with Crippen LogP contribution in [0.25, 0.3) is 16.7 Å². The maximum atomic E-state index is 14.8. The molecule has 0 spiro atoms. The zero-order valence-electron chi connectivity index (χ0n) is 17.3. The zero-order chi connectivity index (χ0) is 21.9. The van der Waals surface area contributed by atoms with Gasteiger partial charge in [0.25, 0.3) is 0 Å². The SMILES string of the molecule is OC(Cc1ccc(-n2cnnn2)cc1)N1CCN(CC(F)c2ccc3nonc3c2)CC1. The normalized spacial score (nSPS) is 17.6. The number of aromatic nitrogens is 6. The fourth-order valence-electron chi connectivity index (χ4n) is 3.97. The Balaban J connectivity index is 1.11. The van der Waals surface area contributed by atoms with Gasteiger partial charge >= 0.3 is 0 Å². The van der Waals surface area contributed by atoms with E-state index in [0.717, 1.165) is 11.3 Å². The Labute approximate surface area is 183 Å². The highest BCUT2D eigenvalue weighted by molar-refractivity contribution is 5.73. The lowest BCUT2D eigenvalue weighted by Crippen LogP contribution is -2.51. The highest BCUT2D eigenvalue weighted by Gasteiger charge is 2.25. The molecule has 1 aliphatic heterocycles. The van der Waals surface area contributed by atoms with Gasteiger partial charge in [0.2, 0.25) is 0 Å². The van der Waals surface area contributed by atoms with Gasteiger partial charge in [-0.3, -0.25) is 9.80 Å². The van der Waals surface area contributed by atoms with Crippen LogP contribution in [-0.4, -0.2) is 84.4 Å². The molecule has 1 saturated heterocycles. The maximum Gasteiger partial charge on any atom is 0.143 e. The molecule has 5 rings (SSSR count). The molecule has 1 fully saturated rings. The quantitative estimate of drug-likeness (QED) is 0.458. The number of piperazine rings is 1. The topological polar surface area (TPSA) is 109 Å². The first-order chi connectivity index (χ1) is 15.7. The summed E-state index contributed by atoms with van der Waals surface area (Å²) in [6, 6.07) is 12.9. The second-order valence-electron chi connectivity index (χ2n) is 7.92. The lowest BCUT2D eigenvalue weighted by molar-refractivity contribution is -0.0274. The molecule has 2 aromatic carbocycles. The van der Waals surface area contributed by atoms with Crippen LogP contribution in [0.2, 0.25) is 0 Å². The van der Waals surface area contributed by atoms with E-state index in [0.29, 0.717) is 55.7 Å². The highest BCUT2D eigenvalue weighted by atomic mass is 19.1. The number of aliphatic hydroxyl groups excluding tert-OH is 1. The summed E-state index contributed by atoms with van der Waals surface area (Å²) >= 11 is 0. The lowest BCUT2D eigenvalue weighted by Gasteiger charge is -2.37. The number of tetrazole rings is 1. The maximum absolute atomic E-state index is 14.8. The van der Waals surface area contributed by atoms with Crippen molar-refractivity contribution in [3.63, 3.8) is 0 Å². The van der Waals surface area contributed by atoms with E-state index in [1.54, 1.807) is 22.9 Å². The predicted molar refractivity (Wildman–Crippen MR) is 113 cm³/mol. The summed E-state index contributed by atoms with van der Waals surface area (Å²) in [4.78, 5) is 4.12. The standard InChI is InChI=1S/C21H23FN8O2/c22-18(16-3-6-19-20(12-16)25-32-24-19)13-28-7-9-29(10-8-28)21(31)11-15-1-4-17(5-2-15)30-14-23-26-27-30/h1-6,12,14,18,21,31H,7-11,13H2. The number of alkyl halides is 1. The van der Waals surface area contributed by atoms with Crippen molar-refractivity contribution in [3.8, 4) is 5.69 Å². The van der Waals surface area contributed by atoms with E-state index >= 15 is 0 Å². The molecule has 2 unspecified atom stereocenters. The number of fused-ring (bicyclic) bond motifs is 1. The Hall–Kier alpha value is -3.28. The molecule has 0 amide bonds. The summed E-state index contributed by atoms with van der Waals surface area (Å²) in [5.41, 5.74) is 3.64. The highest BCUT2D eigenvalue weighted by Crippen LogP contribution is 2.23. The summed E-state index contributed by atoms with van der Waals surface area (Å²) < 4.78 is 21.1. The second kappa shape index (κ2) is 9.07. The summed E-state index contributed by atoms with van der Waals surface area (Å²) in [5, 5.41) is 29.3. The molecular weight excluding hydrogens is 415 g/mol. The molecule has 1 N–H and O–H groups in total. The molecule has 0 aliphatic carbocycles. The first-order valence-corrected chi connectivity index (χ1v) is 10.5. The average molecular weight is 438 g/mol. The molecule has 10 nitrogen and oxygen atoms in total. The molecule has 0 bridgehead atoms. The number of halogens is 1. The van der Waals surface area contributed by atoms with E-state index < -0.39 is 12.4 Å². The number of aliphatic hydroxyl groups is 1. The van der Waals surface area contributed by atoms with Crippen LogP contribution in [0.15, 0.2) is 53.4 Å². The minimum Gasteiger partial charge on any atom is -0.378 e. The second-order valence-corrected chi connectivity index (χ2v) is 7.92. The van der Waals surface area contributed by atoms with Gasteiger partial charge in [-0.1, -0.05) is 18.2 Å². The zero-order valence-corrected chi connectivity index (χ0v) is 17.3. The van der Waals surface area contributed by atoms with E-state index in [-0.39, 0.29) is 0 Å². The van der Waals surface area contributed by atoms with Crippen LogP contribution >= 0.6 is 0 Å². The van der Waals surface area contributed by atoms with Crippen molar-refractivity contribution >= 4 is 11.0 Å². The molecule has 4 aromatic rings. The molecule has 11 heteroatoms. The van der Waals surface area contributed by atoms with Gasteiger partial charge in [0.15, 0.2) is 0 Å². The van der Waals surface area contributed by atoms with Gasteiger partial charge in [0, 0.05) is 39.1 Å². The Bertz CT molecular complexity index is 1140. The summed E-state index contributed by atoms with van der Waals surface area (Å²) in [6.45, 7) is 3.07. The number of hydrogen-bond donors (Lipinski definition) is 1. The monoisotopic (exact) mass is 438 g/mol. The molecule has 32 heavy (non-hydrogen) atoms. The van der Waals surface area contributed by atoms with Gasteiger partial charge < -0.3 is 5.11 Å². The van der Waals surface area contributed by atoms with Crippen LogP contribution in [0, 0.1) is 0 Å². The first-order valence-electron chi connectivity index (χ1n) is 10.5. The number of hydrogen-bond acceptors (Lipinski definition) is 9. The Morgan fingerprint density at radius 2 is 1.78 bits per heavy atom. The van der Waals surface area contributed by atoms with Crippen molar-refractivity contribution in [1.29, 1.82) is 0 Å². The fraction of sp³-hybridized carbons (Fsp3) is 0.381. The summed E-state index contributed by atoms with van der Waals surface area (Å²) in [6.07, 6.45) is 0.355. The van der Waals surface area contributed by atoms with Crippen molar-refractivity contribution in [1.82, 2.24) is 40.3 Å². The number of nitrogens with zero attached hydrogens (tertiary/aromatic N) is 8. The minimum atomic E-state index is -1.12. The van der Waals surface area contributed by atoms with Gasteiger partial charge in [-0.2, -0.15) is 0 Å². The van der Waals surface area contributed by atoms with Gasteiger partial charge in [0.1, 0.15) is 29.8 Å². The first kappa shape index (κ1) is 20.6. The van der Waals surface area contributed by atoms with Crippen LogP contribution in [0.1, 0.15) is 17.3 Å². The Morgan fingerprint density at radius 3 is 2.53 bits per heavy atom. The van der Waals surface area contributed by atoms with Crippen LogP contribution in [0.3, 0.4) is 0 Å². The van der Waals surface area contributed by atoms with Crippen molar-refractivity contribution < 1.29 is 14.1 Å². The van der Waals surface area contributed by atoms with Crippen LogP contribution in [0.4, 0.5) is 4.39 Å². The van der Waals surface area contributed by atoms with Crippen molar-refractivity contribution in [2.75, 3.05) is 32.7 Å². The molecule has 166 valence electrons. The van der Waals surface area contributed by atoms with Crippen LogP contribution in [-0.2, 0) is 6.42 Å². The summed E-state index contributed by atoms with van der Waals surface area (Å²) in [7, 11) is 0. The van der Waals surface area contributed by atoms with Gasteiger partial charge in [0.05, 0.1) is 5.69 Å². The van der Waals surface area contributed by atoms with Gasteiger partial charge in [-0.25, -0.2) is 13.7 Å². The number of rotatable bonds is 7. The van der Waals surface area contributed by atoms with Gasteiger partial charge in [-0.15, -0.1) is 5.10 Å². The lowest BCUT2D eigenvalue weighted by atomic mass is 10.1. The van der Waals surface area contributed by atoms with Crippen LogP contribution < -0.4 is 0 Å². The minimum absolute atomic E-state index is 0.305. The largest absolute Gasteiger partial charge is 0.378 e. The molecule has 0 radical (unpaired) electrons. The average Bonchev–Trinajstić information content (AvgIpc) is 3.52. The van der Waals surface area contributed by atoms with Crippen molar-refractivity contribution in [3.05, 3.63) is 59.9 Å². The molecule has 2 atom stereocenters. The van der Waals surface area contributed by atoms with E-state index in [9.17, 15) is 9.50 Å². The van der Waals surface area contributed by atoms with E-state index in [1.807, 2.05) is 29.2 Å². The molecule has 3 heterocycles. The fourth-order valence-corrected chi connectivity index (χ4v) is 3.97. The van der Waals surface area contributed by atoms with Crippen molar-refractivity contribution in [2.24, 2.45) is 0 Å². The molecular formula is C21H23FN8O2. The van der Waals surface area contributed by atoms with E-state index in [4.69, 9.17) is 0 Å². The van der Waals surface area contributed by atoms with Crippen molar-refractivity contribution in [2.45, 2.75) is 18.8 Å². The smallest absolute Gasteiger partial charge is 0.143 e. The Morgan fingerprint density at radius 1 is 1.00 bits per heavy atom. The third kappa shape index (κ3) is 4.49. The predicted octanol–water partition coefficient (Wildman–Crippen LogP) is 1.39. The Kier molecular flexibility index (Phi) is 5.84. The summed E-state index contributed by atoms with van der Waals surface area (Å²) in [5.74, 6) is 0. The van der Waals surface area contributed by atoms with E-state index in [1.165, 1.54) is 6.33 Å². The molecule has 0 saturated carbocycles. The van der Waals surface area contributed by atoms with Crippen LogP contribution in [0.5, 0.6) is 0 Å². The third-order valence-electron chi connectivity index (χ3n) is 5.85. The van der Waals surface area contributed by atoms with Gasteiger partial charge in [-0.05, 0) is 56.1 Å². The molecule has 1 aliphatic rings. The molecule has 2 aromatic heterocycles. The number of benzene rings is 2. The van der Waals surface area contributed by atoms with E-state index in [2.05, 4.69) is 35.4 Å². The third-order valence-corrected chi connectivity index (χ3v) is 5.85.